The summed E-state index contributed by atoms with van der Waals surface area (Å²) >= 11 is 0. The maximum absolute atomic E-state index is 11.8. The Hall–Kier alpha value is -2.78. The Kier molecular flexibility index (Phi) is 4.16. The number of nitrogens with zero attached hydrogens (tertiary/aromatic N) is 3. The number of rotatable bonds is 2. The van der Waals surface area contributed by atoms with Crippen LogP contribution in [-0.2, 0) is 0 Å². The number of pyridine rings is 1. The standard InChI is InChI=1S/C13H10N4O2/c18-8-2-4-10-3-1-5-12(16-10)17-13(19)11-9-14-6-7-15-11/h1,3,5-7,9,18H,8H2,(H,16,17,19). The number of carbonyl (C=O) groups excluding carboxylic acids is 1. The number of carbonyl (C=O) groups is 1. The van der Waals surface area contributed by atoms with Gasteiger partial charge in [-0.2, -0.15) is 0 Å². The maximum Gasteiger partial charge on any atom is 0.277 e. The van der Waals surface area contributed by atoms with Crippen LogP contribution in [0.3, 0.4) is 0 Å². The van der Waals surface area contributed by atoms with E-state index in [2.05, 4.69) is 32.1 Å². The molecule has 2 aromatic rings. The molecule has 0 bridgehead atoms. The van der Waals surface area contributed by atoms with Crippen molar-refractivity contribution in [3.63, 3.8) is 0 Å². The Balaban J connectivity index is 2.13. The van der Waals surface area contributed by atoms with E-state index in [1.165, 1.54) is 18.6 Å². The number of hydrogen-bond donors (Lipinski definition) is 2. The van der Waals surface area contributed by atoms with Gasteiger partial charge in [0.2, 0.25) is 0 Å². The molecular formula is C13H10N4O2. The number of amides is 1. The normalized spacial score (nSPS) is 9.32. The van der Waals surface area contributed by atoms with Crippen molar-refractivity contribution in [2.45, 2.75) is 0 Å². The van der Waals surface area contributed by atoms with Crippen LogP contribution in [0.15, 0.2) is 36.8 Å². The fourth-order valence-corrected chi connectivity index (χ4v) is 1.30. The highest BCUT2D eigenvalue weighted by atomic mass is 16.2. The summed E-state index contributed by atoms with van der Waals surface area (Å²) in [5.41, 5.74) is 0.669. The van der Waals surface area contributed by atoms with E-state index in [-0.39, 0.29) is 12.3 Å². The minimum Gasteiger partial charge on any atom is -0.384 e. The van der Waals surface area contributed by atoms with Gasteiger partial charge in [0, 0.05) is 12.4 Å². The number of aliphatic hydroxyl groups excluding tert-OH is 1. The van der Waals surface area contributed by atoms with Gasteiger partial charge in [0.1, 0.15) is 23.8 Å². The zero-order valence-corrected chi connectivity index (χ0v) is 9.87. The van der Waals surface area contributed by atoms with E-state index in [1.54, 1.807) is 18.2 Å². The molecule has 0 atom stereocenters. The fourth-order valence-electron chi connectivity index (χ4n) is 1.30. The zero-order chi connectivity index (χ0) is 13.5. The van der Waals surface area contributed by atoms with Crippen LogP contribution in [0.5, 0.6) is 0 Å². The zero-order valence-electron chi connectivity index (χ0n) is 9.87. The highest BCUT2D eigenvalue weighted by Gasteiger charge is 2.07. The monoisotopic (exact) mass is 254 g/mol. The molecule has 6 heteroatoms. The molecule has 1 amide bonds. The number of aliphatic hydroxyl groups is 1. The highest BCUT2D eigenvalue weighted by Crippen LogP contribution is 2.05. The lowest BCUT2D eigenvalue weighted by molar-refractivity contribution is 0.102. The van der Waals surface area contributed by atoms with Crippen molar-refractivity contribution in [1.29, 1.82) is 0 Å². The van der Waals surface area contributed by atoms with Crippen molar-refractivity contribution in [2.24, 2.45) is 0 Å². The van der Waals surface area contributed by atoms with Crippen molar-refractivity contribution >= 4 is 11.7 Å². The molecule has 0 saturated carbocycles. The molecule has 0 aliphatic heterocycles. The molecular weight excluding hydrogens is 244 g/mol. The molecule has 0 saturated heterocycles. The van der Waals surface area contributed by atoms with Gasteiger partial charge >= 0.3 is 0 Å². The van der Waals surface area contributed by atoms with Crippen molar-refractivity contribution in [3.8, 4) is 11.8 Å². The summed E-state index contributed by atoms with van der Waals surface area (Å²) < 4.78 is 0. The Labute approximate surface area is 109 Å². The van der Waals surface area contributed by atoms with E-state index in [0.29, 0.717) is 11.5 Å². The first kappa shape index (κ1) is 12.7. The number of anilines is 1. The first-order valence-corrected chi connectivity index (χ1v) is 5.44. The largest absolute Gasteiger partial charge is 0.384 e. The minimum absolute atomic E-state index is 0.205. The third-order valence-electron chi connectivity index (χ3n) is 2.08. The quantitative estimate of drug-likeness (QED) is 0.760. The molecule has 2 rings (SSSR count). The molecule has 0 aromatic carbocycles. The van der Waals surface area contributed by atoms with Crippen LogP contribution < -0.4 is 5.32 Å². The van der Waals surface area contributed by atoms with Gasteiger partial charge in [-0.3, -0.25) is 9.78 Å². The molecule has 0 unspecified atom stereocenters. The third-order valence-corrected chi connectivity index (χ3v) is 2.08. The van der Waals surface area contributed by atoms with Gasteiger partial charge in [-0.15, -0.1) is 0 Å². The summed E-state index contributed by atoms with van der Waals surface area (Å²) in [7, 11) is 0. The lowest BCUT2D eigenvalue weighted by atomic mass is 10.3. The Morgan fingerprint density at radius 3 is 3.00 bits per heavy atom. The molecule has 2 N–H and O–H groups in total. The van der Waals surface area contributed by atoms with E-state index < -0.39 is 5.91 Å². The summed E-state index contributed by atoms with van der Waals surface area (Å²) in [4.78, 5) is 23.6. The predicted octanol–water partition coefficient (Wildman–Crippen LogP) is 0.468. The van der Waals surface area contributed by atoms with Gasteiger partial charge < -0.3 is 10.4 Å². The van der Waals surface area contributed by atoms with E-state index >= 15 is 0 Å². The lowest BCUT2D eigenvalue weighted by Crippen LogP contribution is -2.14. The molecule has 94 valence electrons. The Morgan fingerprint density at radius 1 is 1.37 bits per heavy atom. The molecule has 6 nitrogen and oxygen atoms in total. The van der Waals surface area contributed by atoms with Crippen molar-refractivity contribution in [2.75, 3.05) is 11.9 Å². The minimum atomic E-state index is -0.395. The van der Waals surface area contributed by atoms with Crippen LogP contribution in [0.4, 0.5) is 5.82 Å². The van der Waals surface area contributed by atoms with Gasteiger partial charge in [-0.25, -0.2) is 9.97 Å². The molecule has 2 heterocycles. The summed E-state index contributed by atoms with van der Waals surface area (Å²) in [5, 5.41) is 11.2. The number of nitrogens with one attached hydrogen (secondary N) is 1. The summed E-state index contributed by atoms with van der Waals surface area (Å²) in [6.45, 7) is -0.238. The average molecular weight is 254 g/mol. The fraction of sp³-hybridized carbons (Fsp3) is 0.0769. The molecule has 0 fully saturated rings. The second-order valence-electron chi connectivity index (χ2n) is 3.41. The SMILES string of the molecule is O=C(Nc1cccc(C#CCO)n1)c1cnccn1. The lowest BCUT2D eigenvalue weighted by Gasteiger charge is -2.03. The molecule has 19 heavy (non-hydrogen) atoms. The van der Waals surface area contributed by atoms with E-state index in [0.717, 1.165) is 0 Å². The van der Waals surface area contributed by atoms with Gasteiger partial charge in [0.25, 0.3) is 5.91 Å². The van der Waals surface area contributed by atoms with Crippen LogP contribution >= 0.6 is 0 Å². The molecule has 2 aromatic heterocycles. The summed E-state index contributed by atoms with van der Waals surface area (Å²) in [5.74, 6) is 5.11. The smallest absolute Gasteiger partial charge is 0.277 e. The second kappa shape index (κ2) is 6.23. The first-order valence-electron chi connectivity index (χ1n) is 5.44. The molecule has 0 spiro atoms. The van der Waals surface area contributed by atoms with Crippen LogP contribution in [-0.4, -0.2) is 32.6 Å². The van der Waals surface area contributed by atoms with Gasteiger partial charge in [0.05, 0.1) is 6.20 Å². The van der Waals surface area contributed by atoms with Crippen molar-refractivity contribution in [3.05, 3.63) is 48.2 Å². The maximum atomic E-state index is 11.8. The van der Waals surface area contributed by atoms with Crippen LogP contribution in [0.2, 0.25) is 0 Å². The Bertz CT molecular complexity index is 632. The van der Waals surface area contributed by atoms with Gasteiger partial charge in [0.15, 0.2) is 0 Å². The van der Waals surface area contributed by atoms with Crippen LogP contribution in [0.1, 0.15) is 16.2 Å². The van der Waals surface area contributed by atoms with Gasteiger partial charge in [-0.1, -0.05) is 12.0 Å². The third kappa shape index (κ3) is 3.59. The van der Waals surface area contributed by atoms with Crippen molar-refractivity contribution < 1.29 is 9.90 Å². The Morgan fingerprint density at radius 2 is 2.26 bits per heavy atom. The first-order chi connectivity index (χ1) is 9.29. The summed E-state index contributed by atoms with van der Waals surface area (Å²) in [6.07, 6.45) is 4.29. The number of hydrogen-bond acceptors (Lipinski definition) is 5. The van der Waals surface area contributed by atoms with Gasteiger partial charge in [-0.05, 0) is 18.1 Å². The van der Waals surface area contributed by atoms with E-state index in [1.807, 2.05) is 0 Å². The molecule has 0 radical (unpaired) electrons. The second-order valence-corrected chi connectivity index (χ2v) is 3.41. The van der Waals surface area contributed by atoms with Crippen LogP contribution in [0, 0.1) is 11.8 Å². The number of aromatic nitrogens is 3. The molecule has 0 aliphatic carbocycles. The van der Waals surface area contributed by atoms with Crippen molar-refractivity contribution in [1.82, 2.24) is 15.0 Å². The van der Waals surface area contributed by atoms with E-state index in [9.17, 15) is 4.79 Å². The average Bonchev–Trinajstić information content (AvgIpc) is 2.46. The van der Waals surface area contributed by atoms with Crippen LogP contribution in [0.25, 0.3) is 0 Å². The highest BCUT2D eigenvalue weighted by molar-refractivity contribution is 6.02. The summed E-state index contributed by atoms with van der Waals surface area (Å²) in [6, 6.07) is 5.03. The molecule has 0 aliphatic rings. The van der Waals surface area contributed by atoms with E-state index in [4.69, 9.17) is 5.11 Å². The topological polar surface area (TPSA) is 88.0 Å². The predicted molar refractivity (Wildman–Crippen MR) is 68.2 cm³/mol.